The van der Waals surface area contributed by atoms with Gasteiger partial charge in [0.05, 0.1) is 13.2 Å². The van der Waals surface area contributed by atoms with Gasteiger partial charge in [-0.25, -0.2) is 9.18 Å². The van der Waals surface area contributed by atoms with E-state index < -0.39 is 5.97 Å². The van der Waals surface area contributed by atoms with Gasteiger partial charge in [0.1, 0.15) is 12.4 Å². The van der Waals surface area contributed by atoms with Crippen molar-refractivity contribution in [3.05, 3.63) is 35.6 Å². The number of rotatable bonds is 3. The van der Waals surface area contributed by atoms with Crippen molar-refractivity contribution in [2.45, 2.75) is 6.04 Å². The second-order valence-electron chi connectivity index (χ2n) is 4.42. The number of halogens is 1. The number of benzene rings is 1. The van der Waals surface area contributed by atoms with E-state index >= 15 is 0 Å². The number of ether oxygens (including phenoxy) is 1. The Labute approximate surface area is 110 Å². The molecule has 1 aliphatic heterocycles. The first kappa shape index (κ1) is 13.3. The first-order valence-corrected chi connectivity index (χ1v) is 5.87. The molecule has 5 nitrogen and oxygen atoms in total. The van der Waals surface area contributed by atoms with Crippen molar-refractivity contribution in [2.75, 3.05) is 27.2 Å². The van der Waals surface area contributed by atoms with Gasteiger partial charge in [-0.1, -0.05) is 12.1 Å². The first-order chi connectivity index (χ1) is 9.02. The first-order valence-electron chi connectivity index (χ1n) is 5.87. The Bertz CT molecular complexity index is 506. The van der Waals surface area contributed by atoms with Crippen LogP contribution in [0.3, 0.4) is 0 Å². The average molecular weight is 266 g/mol. The lowest BCUT2D eigenvalue weighted by Crippen LogP contribution is -2.34. The summed E-state index contributed by atoms with van der Waals surface area (Å²) < 4.78 is 17.8. The molecule has 2 rings (SSSR count). The number of carbonyl (C=O) groups excluding carboxylic acids is 2. The van der Waals surface area contributed by atoms with Crippen LogP contribution in [0.25, 0.3) is 0 Å². The highest BCUT2D eigenvalue weighted by molar-refractivity contribution is 5.82. The maximum atomic E-state index is 13.2. The third-order valence-electron chi connectivity index (χ3n) is 3.21. The SMILES string of the molecule is COC(=O)CN1CC(c2cccc(F)c2)N(C)C1=O. The molecule has 0 aromatic heterocycles. The lowest BCUT2D eigenvalue weighted by Gasteiger charge is -2.17. The number of urea groups is 1. The summed E-state index contributed by atoms with van der Waals surface area (Å²) in [5.74, 6) is -0.814. The predicted octanol–water partition coefficient (Wildman–Crippen LogP) is 1.41. The molecule has 0 N–H and O–H groups in total. The lowest BCUT2D eigenvalue weighted by atomic mass is 10.1. The number of esters is 1. The summed E-state index contributed by atoms with van der Waals surface area (Å²) in [6.45, 7) is 0.249. The van der Waals surface area contributed by atoms with Gasteiger partial charge in [-0.15, -0.1) is 0 Å². The van der Waals surface area contributed by atoms with E-state index in [4.69, 9.17) is 0 Å². The van der Waals surface area contributed by atoms with Gasteiger partial charge < -0.3 is 14.5 Å². The number of carbonyl (C=O) groups is 2. The molecule has 0 saturated carbocycles. The van der Waals surface area contributed by atoms with E-state index in [1.165, 1.54) is 29.0 Å². The zero-order chi connectivity index (χ0) is 14.0. The van der Waals surface area contributed by atoms with Crippen molar-refractivity contribution in [3.8, 4) is 0 Å². The van der Waals surface area contributed by atoms with E-state index in [2.05, 4.69) is 4.74 Å². The molecule has 19 heavy (non-hydrogen) atoms. The third kappa shape index (κ3) is 2.67. The molecule has 1 aromatic carbocycles. The predicted molar refractivity (Wildman–Crippen MR) is 65.9 cm³/mol. The van der Waals surface area contributed by atoms with E-state index in [0.717, 1.165) is 0 Å². The molecule has 6 heteroatoms. The Hall–Kier alpha value is -2.11. The molecule has 0 spiro atoms. The summed E-state index contributed by atoms with van der Waals surface area (Å²) in [4.78, 5) is 26.1. The fourth-order valence-corrected chi connectivity index (χ4v) is 2.16. The van der Waals surface area contributed by atoms with Gasteiger partial charge >= 0.3 is 12.0 Å². The molecule has 1 saturated heterocycles. The van der Waals surface area contributed by atoms with Crippen molar-refractivity contribution in [1.82, 2.24) is 9.80 Å². The highest BCUT2D eigenvalue weighted by atomic mass is 19.1. The van der Waals surface area contributed by atoms with Crippen molar-refractivity contribution in [3.63, 3.8) is 0 Å². The smallest absolute Gasteiger partial charge is 0.325 e. The van der Waals surface area contributed by atoms with E-state index in [-0.39, 0.29) is 24.4 Å². The molecular formula is C13H15FN2O3. The normalized spacial score (nSPS) is 18.9. The molecule has 0 aliphatic carbocycles. The van der Waals surface area contributed by atoms with Crippen LogP contribution in [0.5, 0.6) is 0 Å². The number of hydrogen-bond acceptors (Lipinski definition) is 3. The third-order valence-corrected chi connectivity index (χ3v) is 3.21. The Balaban J connectivity index is 2.16. The van der Waals surface area contributed by atoms with Gasteiger partial charge in [-0.3, -0.25) is 4.79 Å². The Morgan fingerprint density at radius 1 is 1.53 bits per heavy atom. The maximum absolute atomic E-state index is 13.2. The number of amides is 2. The van der Waals surface area contributed by atoms with Gasteiger partial charge in [0.25, 0.3) is 0 Å². The minimum absolute atomic E-state index is 0.0918. The van der Waals surface area contributed by atoms with Crippen molar-refractivity contribution < 1.29 is 18.7 Å². The van der Waals surface area contributed by atoms with Crippen LogP contribution < -0.4 is 0 Å². The number of methoxy groups -OCH3 is 1. The van der Waals surface area contributed by atoms with Gasteiger partial charge in [0.2, 0.25) is 0 Å². The van der Waals surface area contributed by atoms with Gasteiger partial charge in [-0.2, -0.15) is 0 Å². The van der Waals surface area contributed by atoms with E-state index in [0.29, 0.717) is 12.1 Å². The van der Waals surface area contributed by atoms with Gasteiger partial charge in [0, 0.05) is 13.6 Å². The number of nitrogens with zero attached hydrogens (tertiary/aromatic N) is 2. The Kier molecular flexibility index (Phi) is 3.69. The van der Waals surface area contributed by atoms with Crippen LogP contribution in [0.2, 0.25) is 0 Å². The van der Waals surface area contributed by atoms with Crippen LogP contribution >= 0.6 is 0 Å². The van der Waals surface area contributed by atoms with Crippen molar-refractivity contribution in [1.29, 1.82) is 0 Å². The summed E-state index contributed by atoms with van der Waals surface area (Å²) in [6, 6.07) is 5.60. The Morgan fingerprint density at radius 2 is 2.26 bits per heavy atom. The minimum Gasteiger partial charge on any atom is -0.468 e. The molecule has 1 aliphatic rings. The standard InChI is InChI=1S/C13H15FN2O3/c1-15-11(9-4-3-5-10(14)6-9)7-16(13(15)18)8-12(17)19-2/h3-6,11H,7-8H2,1-2H3. The summed E-state index contributed by atoms with van der Waals surface area (Å²) in [5.41, 5.74) is 0.711. The fraction of sp³-hybridized carbons (Fsp3) is 0.385. The average Bonchev–Trinajstić information content (AvgIpc) is 2.67. The molecule has 1 atom stereocenters. The lowest BCUT2D eigenvalue weighted by molar-refractivity contribution is -0.141. The molecule has 2 amide bonds. The van der Waals surface area contributed by atoms with Crippen LogP contribution in [0.1, 0.15) is 11.6 Å². The minimum atomic E-state index is -0.471. The van der Waals surface area contributed by atoms with Gasteiger partial charge in [-0.05, 0) is 17.7 Å². The van der Waals surface area contributed by atoms with Crippen molar-refractivity contribution in [2.24, 2.45) is 0 Å². The molecule has 0 bridgehead atoms. The van der Waals surface area contributed by atoms with E-state index in [1.807, 2.05) is 0 Å². The number of hydrogen-bond donors (Lipinski definition) is 0. The topological polar surface area (TPSA) is 49.9 Å². The zero-order valence-electron chi connectivity index (χ0n) is 10.8. The van der Waals surface area contributed by atoms with Crippen LogP contribution in [0, 0.1) is 5.82 Å². The van der Waals surface area contributed by atoms with Crippen molar-refractivity contribution >= 4 is 12.0 Å². The molecule has 1 fully saturated rings. The molecule has 1 heterocycles. The largest absolute Gasteiger partial charge is 0.468 e. The fourth-order valence-electron chi connectivity index (χ4n) is 2.16. The second-order valence-corrected chi connectivity index (χ2v) is 4.42. The summed E-state index contributed by atoms with van der Waals surface area (Å²) in [7, 11) is 2.91. The zero-order valence-corrected chi connectivity index (χ0v) is 10.8. The second kappa shape index (κ2) is 5.26. The maximum Gasteiger partial charge on any atom is 0.325 e. The Morgan fingerprint density at radius 3 is 2.89 bits per heavy atom. The van der Waals surface area contributed by atoms with Gasteiger partial charge in [0.15, 0.2) is 0 Å². The summed E-state index contributed by atoms with van der Waals surface area (Å²) in [6.07, 6.45) is 0. The molecular weight excluding hydrogens is 251 g/mol. The molecule has 1 aromatic rings. The highest BCUT2D eigenvalue weighted by Gasteiger charge is 2.36. The van der Waals surface area contributed by atoms with E-state index in [1.54, 1.807) is 19.2 Å². The highest BCUT2D eigenvalue weighted by Crippen LogP contribution is 2.28. The quantitative estimate of drug-likeness (QED) is 0.777. The molecule has 0 radical (unpaired) electrons. The van der Waals surface area contributed by atoms with Crippen LogP contribution in [-0.2, 0) is 9.53 Å². The van der Waals surface area contributed by atoms with Crippen LogP contribution in [0.4, 0.5) is 9.18 Å². The number of likely N-dealkylation sites (N-methyl/N-ethyl adjacent to an activating group) is 1. The molecule has 102 valence electrons. The summed E-state index contributed by atoms with van der Waals surface area (Å²) >= 11 is 0. The summed E-state index contributed by atoms with van der Waals surface area (Å²) in [5, 5.41) is 0. The van der Waals surface area contributed by atoms with Crippen LogP contribution in [0.15, 0.2) is 24.3 Å². The van der Waals surface area contributed by atoms with E-state index in [9.17, 15) is 14.0 Å². The van der Waals surface area contributed by atoms with Crippen LogP contribution in [-0.4, -0.2) is 49.0 Å². The monoisotopic (exact) mass is 266 g/mol. The molecule has 1 unspecified atom stereocenters.